The molecule has 0 atom stereocenters. The van der Waals surface area contributed by atoms with Gasteiger partial charge in [0, 0.05) is 22.5 Å². The molecule has 38 heavy (non-hydrogen) atoms. The van der Waals surface area contributed by atoms with E-state index in [-0.39, 0.29) is 17.4 Å². The molecule has 0 bridgehead atoms. The predicted molar refractivity (Wildman–Crippen MR) is 147 cm³/mol. The van der Waals surface area contributed by atoms with Crippen LogP contribution in [0.4, 0.5) is 5.69 Å². The van der Waals surface area contributed by atoms with E-state index in [1.165, 1.54) is 18.7 Å². The van der Waals surface area contributed by atoms with Crippen molar-refractivity contribution < 1.29 is 23.8 Å². The fraction of sp³-hybridized carbons (Fsp3) is 0.214. The van der Waals surface area contributed by atoms with Gasteiger partial charge in [-0.1, -0.05) is 29.5 Å². The van der Waals surface area contributed by atoms with Crippen molar-refractivity contribution in [1.82, 2.24) is 14.8 Å². The predicted octanol–water partition coefficient (Wildman–Crippen LogP) is 5.20. The smallest absolute Gasteiger partial charge is 0.234 e. The number of nitrogens with one attached hydrogen (secondary N) is 1. The average molecular weight is 533 g/mol. The first kappa shape index (κ1) is 26.7. The van der Waals surface area contributed by atoms with Gasteiger partial charge in [-0.15, -0.1) is 10.2 Å². The van der Waals surface area contributed by atoms with Gasteiger partial charge in [-0.3, -0.25) is 14.2 Å². The molecule has 196 valence electrons. The molecule has 0 saturated heterocycles. The number of hydrogen-bond donors (Lipinski definition) is 1. The lowest BCUT2D eigenvalue weighted by Crippen LogP contribution is -2.14. The van der Waals surface area contributed by atoms with E-state index in [1.807, 2.05) is 47.9 Å². The first-order valence-electron chi connectivity index (χ1n) is 11.7. The molecule has 9 nitrogen and oxygen atoms in total. The van der Waals surface area contributed by atoms with Crippen molar-refractivity contribution >= 4 is 29.1 Å². The Hall–Kier alpha value is -4.31. The molecule has 1 amide bonds. The van der Waals surface area contributed by atoms with Crippen molar-refractivity contribution in [1.29, 1.82) is 0 Å². The van der Waals surface area contributed by atoms with E-state index >= 15 is 0 Å². The summed E-state index contributed by atoms with van der Waals surface area (Å²) in [7, 11) is 4.66. The van der Waals surface area contributed by atoms with Crippen molar-refractivity contribution in [3.05, 3.63) is 71.8 Å². The van der Waals surface area contributed by atoms with Crippen molar-refractivity contribution in [2.24, 2.45) is 0 Å². The zero-order valence-corrected chi connectivity index (χ0v) is 22.6. The van der Waals surface area contributed by atoms with E-state index < -0.39 is 0 Å². The van der Waals surface area contributed by atoms with E-state index in [1.54, 1.807) is 45.6 Å². The van der Waals surface area contributed by atoms with Crippen LogP contribution in [-0.4, -0.2) is 53.5 Å². The number of carbonyl (C=O) groups is 2. The second-order valence-electron chi connectivity index (χ2n) is 8.36. The molecule has 0 aliphatic rings. The highest BCUT2D eigenvalue weighted by atomic mass is 32.2. The molecule has 0 radical (unpaired) electrons. The molecule has 0 unspecified atom stereocenters. The summed E-state index contributed by atoms with van der Waals surface area (Å²) in [5.41, 5.74) is 3.85. The summed E-state index contributed by atoms with van der Waals surface area (Å²) < 4.78 is 18.4. The number of nitrogens with zero attached hydrogens (tertiary/aromatic N) is 3. The number of carbonyl (C=O) groups excluding carboxylic acids is 2. The maximum absolute atomic E-state index is 12.7. The maximum atomic E-state index is 12.7. The Morgan fingerprint density at radius 2 is 1.53 bits per heavy atom. The quantitative estimate of drug-likeness (QED) is 0.219. The van der Waals surface area contributed by atoms with Gasteiger partial charge in [0.1, 0.15) is 0 Å². The molecule has 1 N–H and O–H groups in total. The lowest BCUT2D eigenvalue weighted by Gasteiger charge is -2.15. The zero-order valence-electron chi connectivity index (χ0n) is 21.8. The highest BCUT2D eigenvalue weighted by Crippen LogP contribution is 2.41. The lowest BCUT2D eigenvalue weighted by atomic mass is 10.1. The van der Waals surface area contributed by atoms with Gasteiger partial charge in [0.25, 0.3) is 0 Å². The minimum absolute atomic E-state index is 0.0308. The van der Waals surface area contributed by atoms with E-state index in [2.05, 4.69) is 15.5 Å². The van der Waals surface area contributed by atoms with Crippen molar-refractivity contribution in [2.75, 3.05) is 32.4 Å². The minimum Gasteiger partial charge on any atom is -0.493 e. The van der Waals surface area contributed by atoms with Crippen LogP contribution >= 0.6 is 11.8 Å². The van der Waals surface area contributed by atoms with Crippen LogP contribution in [0.25, 0.3) is 17.1 Å². The number of anilines is 1. The second kappa shape index (κ2) is 11.8. The summed E-state index contributed by atoms with van der Waals surface area (Å²) in [6.07, 6.45) is 0. The Kier molecular flexibility index (Phi) is 8.32. The number of benzene rings is 3. The van der Waals surface area contributed by atoms with Gasteiger partial charge < -0.3 is 19.5 Å². The largest absolute Gasteiger partial charge is 0.493 e. The standard InChI is InChI=1S/C28H28N4O5S/c1-17-6-12-22(13-7-17)32-27(20-14-23(35-3)26(37-5)24(15-20)36-4)30-31-28(32)38-16-25(34)29-21-10-8-19(9-11-21)18(2)33/h6-15H,16H2,1-5H3,(H,29,34). The molecular weight excluding hydrogens is 504 g/mol. The van der Waals surface area contributed by atoms with Crippen molar-refractivity contribution in [3.63, 3.8) is 0 Å². The van der Waals surface area contributed by atoms with E-state index in [0.29, 0.717) is 45.0 Å². The fourth-order valence-corrected chi connectivity index (χ4v) is 4.55. The number of aromatic nitrogens is 3. The number of amides is 1. The van der Waals surface area contributed by atoms with Gasteiger partial charge >= 0.3 is 0 Å². The molecular formula is C28H28N4O5S. The van der Waals surface area contributed by atoms with Gasteiger partial charge in [0.05, 0.1) is 27.1 Å². The Labute approximate surface area is 225 Å². The topological polar surface area (TPSA) is 105 Å². The molecule has 0 spiro atoms. The Morgan fingerprint density at radius 1 is 0.895 bits per heavy atom. The highest BCUT2D eigenvalue weighted by molar-refractivity contribution is 7.99. The van der Waals surface area contributed by atoms with Crippen molar-refractivity contribution in [2.45, 2.75) is 19.0 Å². The first-order chi connectivity index (χ1) is 18.3. The second-order valence-corrected chi connectivity index (χ2v) is 9.30. The number of aryl methyl sites for hydroxylation is 1. The van der Waals surface area contributed by atoms with Crippen LogP contribution in [0.1, 0.15) is 22.8 Å². The zero-order chi connectivity index (χ0) is 27.2. The number of ketones is 1. The molecule has 3 aromatic carbocycles. The van der Waals surface area contributed by atoms with Crippen LogP contribution in [0.3, 0.4) is 0 Å². The summed E-state index contributed by atoms with van der Waals surface area (Å²) in [4.78, 5) is 24.2. The van der Waals surface area contributed by atoms with Crippen LogP contribution in [0, 0.1) is 6.92 Å². The molecule has 10 heteroatoms. The highest BCUT2D eigenvalue weighted by Gasteiger charge is 2.21. The molecule has 4 aromatic rings. The van der Waals surface area contributed by atoms with Crippen LogP contribution in [-0.2, 0) is 4.79 Å². The van der Waals surface area contributed by atoms with E-state index in [4.69, 9.17) is 14.2 Å². The van der Waals surface area contributed by atoms with E-state index in [9.17, 15) is 9.59 Å². The van der Waals surface area contributed by atoms with Gasteiger partial charge in [-0.05, 0) is 62.4 Å². The number of methoxy groups -OCH3 is 3. The summed E-state index contributed by atoms with van der Waals surface area (Å²) in [6, 6.07) is 18.3. The summed E-state index contributed by atoms with van der Waals surface area (Å²) >= 11 is 1.26. The average Bonchev–Trinajstić information content (AvgIpc) is 3.35. The summed E-state index contributed by atoms with van der Waals surface area (Å²) in [6.45, 7) is 3.51. The van der Waals surface area contributed by atoms with Gasteiger partial charge in [0.15, 0.2) is 28.3 Å². The molecule has 0 aliphatic heterocycles. The summed E-state index contributed by atoms with van der Waals surface area (Å²) in [5, 5.41) is 12.2. The number of hydrogen-bond acceptors (Lipinski definition) is 8. The fourth-order valence-electron chi connectivity index (χ4n) is 3.80. The Balaban J connectivity index is 1.65. The first-order valence-corrected chi connectivity index (χ1v) is 12.7. The molecule has 4 rings (SSSR count). The van der Waals surface area contributed by atoms with Crippen LogP contribution in [0.2, 0.25) is 0 Å². The normalized spacial score (nSPS) is 10.7. The van der Waals surface area contributed by atoms with Crippen molar-refractivity contribution in [3.8, 4) is 34.3 Å². The van der Waals surface area contributed by atoms with Crippen LogP contribution < -0.4 is 19.5 Å². The number of Topliss-reactive ketones (excluding diaryl/α,β-unsaturated/α-hetero) is 1. The van der Waals surface area contributed by atoms with Crippen LogP contribution in [0.15, 0.2) is 65.8 Å². The summed E-state index contributed by atoms with van der Waals surface area (Å²) in [5.74, 6) is 1.87. The third kappa shape index (κ3) is 5.81. The SMILES string of the molecule is COc1cc(-c2nnc(SCC(=O)Nc3ccc(C(C)=O)cc3)n2-c2ccc(C)cc2)cc(OC)c1OC. The van der Waals surface area contributed by atoms with Gasteiger partial charge in [-0.2, -0.15) is 0 Å². The molecule has 0 aliphatic carbocycles. The molecule has 0 saturated carbocycles. The van der Waals surface area contributed by atoms with Gasteiger partial charge in [0.2, 0.25) is 11.7 Å². The minimum atomic E-state index is -0.210. The number of ether oxygens (including phenoxy) is 3. The maximum Gasteiger partial charge on any atom is 0.234 e. The van der Waals surface area contributed by atoms with Gasteiger partial charge in [-0.25, -0.2) is 0 Å². The lowest BCUT2D eigenvalue weighted by molar-refractivity contribution is -0.113. The monoisotopic (exact) mass is 532 g/mol. The molecule has 1 aromatic heterocycles. The third-order valence-electron chi connectivity index (χ3n) is 5.76. The molecule has 0 fully saturated rings. The van der Waals surface area contributed by atoms with E-state index in [0.717, 1.165) is 11.3 Å². The Morgan fingerprint density at radius 3 is 2.08 bits per heavy atom. The third-order valence-corrected chi connectivity index (χ3v) is 6.68. The molecule has 1 heterocycles. The number of thioether (sulfide) groups is 1. The number of rotatable bonds is 10. The Bertz CT molecular complexity index is 1420. The van der Waals surface area contributed by atoms with Crippen LogP contribution in [0.5, 0.6) is 17.2 Å².